The molecule has 28 heavy (non-hydrogen) atoms. The summed E-state index contributed by atoms with van der Waals surface area (Å²) in [5.74, 6) is 1.01. The third kappa shape index (κ3) is 11.4. The first-order valence-electron chi connectivity index (χ1n) is 11.7. The summed E-state index contributed by atoms with van der Waals surface area (Å²) in [7, 11) is 1.68. The summed E-state index contributed by atoms with van der Waals surface area (Å²) >= 11 is 0. The molecule has 1 rings (SSSR count). The number of anilines is 1. The Kier molecular flexibility index (Phi) is 14.4. The summed E-state index contributed by atoms with van der Waals surface area (Å²) < 4.78 is 5.34. The van der Waals surface area contributed by atoms with Crippen LogP contribution < -0.4 is 10.1 Å². The molecule has 1 N–H and O–H groups in total. The van der Waals surface area contributed by atoms with Gasteiger partial charge in [0, 0.05) is 12.1 Å². The minimum Gasteiger partial charge on any atom is -0.496 e. The summed E-state index contributed by atoms with van der Waals surface area (Å²) in [4.78, 5) is 12.1. The maximum Gasteiger partial charge on any atom is 0.224 e. The van der Waals surface area contributed by atoms with Crippen LogP contribution in [0.5, 0.6) is 5.75 Å². The fourth-order valence-corrected chi connectivity index (χ4v) is 3.66. The van der Waals surface area contributed by atoms with Crippen molar-refractivity contribution < 1.29 is 9.53 Å². The number of methoxy groups -OCH3 is 1. The van der Waals surface area contributed by atoms with Crippen LogP contribution in [0.15, 0.2) is 18.2 Å². The molecule has 0 atom stereocenters. The predicted octanol–water partition coefficient (Wildman–Crippen LogP) is 7.68. The molecule has 3 nitrogen and oxygen atoms in total. The number of amides is 1. The van der Waals surface area contributed by atoms with Gasteiger partial charge >= 0.3 is 0 Å². The summed E-state index contributed by atoms with van der Waals surface area (Å²) in [6.45, 7) is 4.37. The van der Waals surface area contributed by atoms with Crippen molar-refractivity contribution in [2.75, 3.05) is 12.4 Å². The monoisotopic (exact) mass is 389 g/mol. The first-order valence-corrected chi connectivity index (χ1v) is 11.7. The number of hydrogen-bond acceptors (Lipinski definition) is 2. The van der Waals surface area contributed by atoms with E-state index in [2.05, 4.69) is 19.2 Å². The van der Waals surface area contributed by atoms with Crippen LogP contribution in [0.25, 0.3) is 0 Å². The van der Waals surface area contributed by atoms with Gasteiger partial charge in [-0.05, 0) is 36.6 Å². The Balaban J connectivity index is 2.00. The predicted molar refractivity (Wildman–Crippen MR) is 121 cm³/mol. The van der Waals surface area contributed by atoms with Crippen LogP contribution in [0, 0.1) is 0 Å². The smallest absolute Gasteiger partial charge is 0.224 e. The lowest BCUT2D eigenvalue weighted by Gasteiger charge is -2.10. The zero-order valence-electron chi connectivity index (χ0n) is 18.7. The number of nitrogens with one attached hydrogen (secondary N) is 1. The lowest BCUT2D eigenvalue weighted by atomic mass is 10.0. The van der Waals surface area contributed by atoms with Gasteiger partial charge in [0.2, 0.25) is 5.91 Å². The molecule has 1 aromatic carbocycles. The largest absolute Gasteiger partial charge is 0.496 e. The van der Waals surface area contributed by atoms with Crippen molar-refractivity contribution in [3.63, 3.8) is 0 Å². The Labute approximate surface area is 173 Å². The van der Waals surface area contributed by atoms with Crippen molar-refractivity contribution in [3.8, 4) is 5.75 Å². The summed E-state index contributed by atoms with van der Waals surface area (Å²) in [5, 5.41) is 3.02. The van der Waals surface area contributed by atoms with Crippen molar-refractivity contribution in [1.29, 1.82) is 0 Å². The second kappa shape index (κ2) is 16.4. The molecule has 0 unspecified atom stereocenters. The van der Waals surface area contributed by atoms with E-state index in [0.717, 1.165) is 36.3 Å². The highest BCUT2D eigenvalue weighted by Gasteiger charge is 2.06. The van der Waals surface area contributed by atoms with Gasteiger partial charge in [0.05, 0.1) is 7.11 Å². The first kappa shape index (κ1) is 24.5. The first-order chi connectivity index (χ1) is 13.7. The van der Waals surface area contributed by atoms with Gasteiger partial charge in [0.1, 0.15) is 5.75 Å². The normalized spacial score (nSPS) is 10.8. The molecule has 0 aromatic heterocycles. The number of unbranched alkanes of at least 4 members (excludes halogenated alkanes) is 12. The van der Waals surface area contributed by atoms with Gasteiger partial charge in [-0.3, -0.25) is 4.79 Å². The van der Waals surface area contributed by atoms with E-state index in [4.69, 9.17) is 4.74 Å². The van der Waals surface area contributed by atoms with Gasteiger partial charge in [-0.15, -0.1) is 0 Å². The molecule has 0 spiro atoms. The average molecular weight is 390 g/mol. The van der Waals surface area contributed by atoms with E-state index >= 15 is 0 Å². The number of rotatable bonds is 17. The van der Waals surface area contributed by atoms with Crippen LogP contribution in [-0.2, 0) is 11.2 Å². The number of aryl methyl sites for hydroxylation is 1. The molecule has 0 saturated heterocycles. The van der Waals surface area contributed by atoms with Crippen LogP contribution in [0.3, 0.4) is 0 Å². The molecule has 160 valence electrons. The minimum absolute atomic E-state index is 0.121. The number of carbonyl (C=O) groups is 1. The fourth-order valence-electron chi connectivity index (χ4n) is 3.66. The third-order valence-corrected chi connectivity index (χ3v) is 5.45. The second-order valence-corrected chi connectivity index (χ2v) is 7.92. The van der Waals surface area contributed by atoms with Crippen molar-refractivity contribution in [3.05, 3.63) is 23.8 Å². The fraction of sp³-hybridized carbons (Fsp3) is 0.720. The zero-order chi connectivity index (χ0) is 20.5. The number of hydrogen-bond donors (Lipinski definition) is 1. The molecule has 0 aliphatic heterocycles. The number of benzene rings is 1. The summed E-state index contributed by atoms with van der Waals surface area (Å²) in [6.07, 6.45) is 18.8. The topological polar surface area (TPSA) is 38.3 Å². The van der Waals surface area contributed by atoms with Gasteiger partial charge in [-0.2, -0.15) is 0 Å². The van der Waals surface area contributed by atoms with E-state index < -0.39 is 0 Å². The van der Waals surface area contributed by atoms with Gasteiger partial charge in [-0.25, -0.2) is 0 Å². The lowest BCUT2D eigenvalue weighted by Crippen LogP contribution is -2.11. The lowest BCUT2D eigenvalue weighted by molar-refractivity contribution is -0.116. The SMILES string of the molecule is CCCCCCCCCCCCCCCC(=O)Nc1ccc(OC)c(CC)c1. The van der Waals surface area contributed by atoms with Gasteiger partial charge in [-0.1, -0.05) is 90.9 Å². The van der Waals surface area contributed by atoms with E-state index in [1.165, 1.54) is 70.6 Å². The van der Waals surface area contributed by atoms with Gasteiger partial charge in [0.25, 0.3) is 0 Å². The Morgan fingerprint density at radius 3 is 1.86 bits per heavy atom. The molecule has 0 heterocycles. The maximum absolute atomic E-state index is 12.1. The minimum atomic E-state index is 0.121. The molecule has 0 bridgehead atoms. The Bertz CT molecular complexity index is 527. The quantitative estimate of drug-likeness (QED) is 0.277. The molecular formula is C25H43NO2. The Morgan fingerprint density at radius 1 is 0.821 bits per heavy atom. The maximum atomic E-state index is 12.1. The van der Waals surface area contributed by atoms with Crippen molar-refractivity contribution in [2.45, 2.75) is 110 Å². The van der Waals surface area contributed by atoms with Gasteiger partial charge < -0.3 is 10.1 Å². The zero-order valence-corrected chi connectivity index (χ0v) is 18.7. The Morgan fingerprint density at radius 2 is 1.36 bits per heavy atom. The second-order valence-electron chi connectivity index (χ2n) is 7.92. The highest BCUT2D eigenvalue weighted by Crippen LogP contribution is 2.23. The average Bonchev–Trinajstić information content (AvgIpc) is 2.71. The number of carbonyl (C=O) groups excluding carboxylic acids is 1. The molecular weight excluding hydrogens is 346 g/mol. The van der Waals surface area contributed by atoms with Crippen LogP contribution >= 0.6 is 0 Å². The standard InChI is InChI=1S/C25H43NO2/c1-4-6-7-8-9-10-11-12-13-14-15-16-17-18-25(27)26-23-19-20-24(28-3)22(5-2)21-23/h19-21H,4-18H2,1-3H3,(H,26,27). The molecule has 3 heteroatoms. The molecule has 1 aromatic rings. The summed E-state index contributed by atoms with van der Waals surface area (Å²) in [6, 6.07) is 5.86. The van der Waals surface area contributed by atoms with Crippen molar-refractivity contribution in [2.24, 2.45) is 0 Å². The van der Waals surface area contributed by atoms with E-state index in [9.17, 15) is 4.79 Å². The van der Waals surface area contributed by atoms with Gasteiger partial charge in [0.15, 0.2) is 0 Å². The molecule has 1 amide bonds. The Hall–Kier alpha value is -1.51. The summed E-state index contributed by atoms with van der Waals surface area (Å²) in [5.41, 5.74) is 2.00. The van der Waals surface area contributed by atoms with E-state index in [1.54, 1.807) is 7.11 Å². The van der Waals surface area contributed by atoms with Crippen LogP contribution in [-0.4, -0.2) is 13.0 Å². The van der Waals surface area contributed by atoms with E-state index in [0.29, 0.717) is 6.42 Å². The number of ether oxygens (including phenoxy) is 1. The molecule has 0 aliphatic carbocycles. The van der Waals surface area contributed by atoms with Crippen molar-refractivity contribution in [1.82, 2.24) is 0 Å². The van der Waals surface area contributed by atoms with Crippen LogP contribution in [0.4, 0.5) is 5.69 Å². The molecule has 0 fully saturated rings. The highest BCUT2D eigenvalue weighted by molar-refractivity contribution is 5.90. The van der Waals surface area contributed by atoms with E-state index in [-0.39, 0.29) is 5.91 Å². The molecule has 0 radical (unpaired) electrons. The highest BCUT2D eigenvalue weighted by atomic mass is 16.5. The third-order valence-electron chi connectivity index (χ3n) is 5.45. The van der Waals surface area contributed by atoms with Crippen molar-refractivity contribution >= 4 is 11.6 Å². The van der Waals surface area contributed by atoms with E-state index in [1.807, 2.05) is 18.2 Å². The van der Waals surface area contributed by atoms with Crippen LogP contribution in [0.1, 0.15) is 109 Å². The van der Waals surface area contributed by atoms with Crippen LogP contribution in [0.2, 0.25) is 0 Å². The molecule has 0 saturated carbocycles. The molecule has 0 aliphatic rings.